The van der Waals surface area contributed by atoms with Gasteiger partial charge < -0.3 is 15.4 Å². The quantitative estimate of drug-likeness (QED) is 0.819. The van der Waals surface area contributed by atoms with Crippen LogP contribution in [-0.2, 0) is 4.74 Å². The molecule has 1 aromatic rings. The third kappa shape index (κ3) is 2.40. The van der Waals surface area contributed by atoms with Gasteiger partial charge in [-0.2, -0.15) is 0 Å². The third-order valence-corrected chi connectivity index (χ3v) is 3.38. The number of pyridine rings is 1. The monoisotopic (exact) mass is 251 g/mol. The van der Waals surface area contributed by atoms with E-state index in [0.29, 0.717) is 11.0 Å². The first-order chi connectivity index (χ1) is 8.11. The molecule has 0 spiro atoms. The molecule has 92 valence electrons. The predicted octanol–water partition coefficient (Wildman–Crippen LogP) is 1.25. The van der Waals surface area contributed by atoms with Crippen LogP contribution >= 0.6 is 12.2 Å². The number of thiocarbonyl (C=S) groups is 1. The van der Waals surface area contributed by atoms with Gasteiger partial charge in [-0.15, -0.1) is 0 Å². The molecule has 1 aliphatic rings. The van der Waals surface area contributed by atoms with Crippen molar-refractivity contribution in [3.8, 4) is 0 Å². The Bertz CT molecular complexity index is 430. The Labute approximate surface area is 107 Å². The molecular formula is C12H17N3OS. The number of rotatable bonds is 3. The van der Waals surface area contributed by atoms with Crippen LogP contribution in [0.3, 0.4) is 0 Å². The maximum absolute atomic E-state index is 5.79. The number of hydrogen-bond donors (Lipinski definition) is 1. The number of aromatic nitrogens is 1. The first-order valence-electron chi connectivity index (χ1n) is 5.67. The first kappa shape index (κ1) is 12.3. The highest BCUT2D eigenvalue weighted by Crippen LogP contribution is 2.24. The summed E-state index contributed by atoms with van der Waals surface area (Å²) >= 11 is 5.11. The molecule has 0 saturated carbocycles. The molecule has 1 aliphatic heterocycles. The molecule has 0 bridgehead atoms. The summed E-state index contributed by atoms with van der Waals surface area (Å²) in [5.74, 6) is 0.855. The second-order valence-electron chi connectivity index (χ2n) is 4.32. The summed E-state index contributed by atoms with van der Waals surface area (Å²) in [7, 11) is 2.02. The van der Waals surface area contributed by atoms with Crippen molar-refractivity contribution < 1.29 is 4.74 Å². The normalized spacial score (nSPS) is 19.3. The zero-order valence-corrected chi connectivity index (χ0v) is 11.0. The highest BCUT2D eigenvalue weighted by molar-refractivity contribution is 7.80. The number of anilines is 1. The highest BCUT2D eigenvalue weighted by atomic mass is 32.1. The minimum atomic E-state index is 0.359. The van der Waals surface area contributed by atoms with Crippen LogP contribution in [0.4, 0.5) is 5.82 Å². The maximum atomic E-state index is 5.79. The Morgan fingerprint density at radius 2 is 2.41 bits per heavy atom. The van der Waals surface area contributed by atoms with Crippen LogP contribution in [0.2, 0.25) is 0 Å². The van der Waals surface area contributed by atoms with E-state index in [1.165, 1.54) is 0 Å². The fourth-order valence-electron chi connectivity index (χ4n) is 2.12. The molecule has 1 saturated heterocycles. The van der Waals surface area contributed by atoms with Crippen molar-refractivity contribution in [2.45, 2.75) is 19.4 Å². The molecule has 0 aromatic carbocycles. The van der Waals surface area contributed by atoms with Gasteiger partial charge in [0.25, 0.3) is 0 Å². The second-order valence-corrected chi connectivity index (χ2v) is 4.76. The first-order valence-corrected chi connectivity index (χ1v) is 6.08. The summed E-state index contributed by atoms with van der Waals surface area (Å²) in [6.45, 7) is 3.55. The number of likely N-dealkylation sites (N-methyl/N-ethyl adjacent to an activating group) is 1. The van der Waals surface area contributed by atoms with Crippen LogP contribution in [0.1, 0.15) is 17.5 Å². The zero-order valence-electron chi connectivity index (χ0n) is 10.1. The van der Waals surface area contributed by atoms with Crippen molar-refractivity contribution in [3.05, 3.63) is 23.4 Å². The SMILES string of the molecule is Cc1ccnc(N(C)C2CCOC2)c1C(N)=S. The lowest BCUT2D eigenvalue weighted by Crippen LogP contribution is -2.34. The van der Waals surface area contributed by atoms with Gasteiger partial charge in [0.1, 0.15) is 10.8 Å². The molecule has 0 amide bonds. The Balaban J connectivity index is 2.36. The van der Waals surface area contributed by atoms with Crippen LogP contribution in [0.5, 0.6) is 0 Å². The highest BCUT2D eigenvalue weighted by Gasteiger charge is 2.24. The minimum absolute atomic E-state index is 0.359. The van der Waals surface area contributed by atoms with Gasteiger partial charge in [0.2, 0.25) is 0 Å². The summed E-state index contributed by atoms with van der Waals surface area (Å²) in [6, 6.07) is 2.29. The van der Waals surface area contributed by atoms with E-state index in [0.717, 1.165) is 36.6 Å². The van der Waals surface area contributed by atoms with Gasteiger partial charge in [-0.05, 0) is 25.0 Å². The smallest absolute Gasteiger partial charge is 0.139 e. The summed E-state index contributed by atoms with van der Waals surface area (Å²) in [5, 5.41) is 0. The van der Waals surface area contributed by atoms with Crippen LogP contribution in [0, 0.1) is 6.92 Å². The molecule has 0 aliphatic carbocycles. The summed E-state index contributed by atoms with van der Waals surface area (Å²) in [5.41, 5.74) is 7.72. The van der Waals surface area contributed by atoms with Crippen molar-refractivity contribution in [1.29, 1.82) is 0 Å². The predicted molar refractivity (Wildman–Crippen MR) is 72.5 cm³/mol. The van der Waals surface area contributed by atoms with Crippen molar-refractivity contribution in [2.24, 2.45) is 5.73 Å². The van der Waals surface area contributed by atoms with Crippen molar-refractivity contribution >= 4 is 23.0 Å². The summed E-state index contributed by atoms with van der Waals surface area (Å²) in [6.07, 6.45) is 2.81. The standard InChI is InChI=1S/C12H17N3OS/c1-8-3-5-14-12(10(8)11(13)17)15(2)9-4-6-16-7-9/h3,5,9H,4,6-7H2,1-2H3,(H2,13,17). The summed E-state index contributed by atoms with van der Waals surface area (Å²) in [4.78, 5) is 6.93. The molecule has 2 N–H and O–H groups in total. The maximum Gasteiger partial charge on any atom is 0.139 e. The molecular weight excluding hydrogens is 234 g/mol. The molecule has 4 nitrogen and oxygen atoms in total. The lowest BCUT2D eigenvalue weighted by Gasteiger charge is -2.26. The average Bonchev–Trinajstić information content (AvgIpc) is 2.80. The molecule has 1 unspecified atom stereocenters. The van der Waals surface area contributed by atoms with Crippen molar-refractivity contribution in [2.75, 3.05) is 25.2 Å². The van der Waals surface area contributed by atoms with Crippen LogP contribution in [0.25, 0.3) is 0 Å². The fourth-order valence-corrected chi connectivity index (χ4v) is 2.37. The van der Waals surface area contributed by atoms with Crippen LogP contribution in [0.15, 0.2) is 12.3 Å². The van der Waals surface area contributed by atoms with Gasteiger partial charge in [0.15, 0.2) is 0 Å². The molecule has 1 fully saturated rings. The van der Waals surface area contributed by atoms with E-state index in [4.69, 9.17) is 22.7 Å². The molecule has 1 atom stereocenters. The van der Waals surface area contributed by atoms with Gasteiger partial charge in [0, 0.05) is 19.9 Å². The third-order valence-electron chi connectivity index (χ3n) is 3.17. The Kier molecular flexibility index (Phi) is 3.59. The molecule has 1 aromatic heterocycles. The second kappa shape index (κ2) is 4.98. The average molecular weight is 251 g/mol. The van der Waals surface area contributed by atoms with Gasteiger partial charge in [-0.3, -0.25) is 0 Å². The molecule has 5 heteroatoms. The number of aryl methyl sites for hydroxylation is 1. The van der Waals surface area contributed by atoms with Gasteiger partial charge in [0.05, 0.1) is 18.2 Å². The molecule has 17 heavy (non-hydrogen) atoms. The zero-order chi connectivity index (χ0) is 12.4. The summed E-state index contributed by atoms with van der Waals surface area (Å²) < 4.78 is 5.40. The number of ether oxygens (including phenoxy) is 1. The molecule has 2 heterocycles. The molecule has 0 radical (unpaired) electrons. The lowest BCUT2D eigenvalue weighted by molar-refractivity contribution is 0.193. The number of nitrogens with zero attached hydrogens (tertiary/aromatic N) is 2. The van der Waals surface area contributed by atoms with Crippen LogP contribution in [-0.4, -0.2) is 36.3 Å². The lowest BCUT2D eigenvalue weighted by atomic mass is 10.1. The Hall–Kier alpha value is -1.20. The van der Waals surface area contributed by atoms with E-state index in [9.17, 15) is 0 Å². The van der Waals surface area contributed by atoms with E-state index in [1.807, 2.05) is 20.0 Å². The van der Waals surface area contributed by atoms with E-state index in [-0.39, 0.29) is 0 Å². The number of hydrogen-bond acceptors (Lipinski definition) is 4. The Morgan fingerprint density at radius 3 is 3.00 bits per heavy atom. The van der Waals surface area contributed by atoms with E-state index in [1.54, 1.807) is 6.20 Å². The van der Waals surface area contributed by atoms with E-state index < -0.39 is 0 Å². The molecule has 2 rings (SSSR count). The fraction of sp³-hybridized carbons (Fsp3) is 0.500. The minimum Gasteiger partial charge on any atom is -0.389 e. The van der Waals surface area contributed by atoms with Gasteiger partial charge in [-0.1, -0.05) is 12.2 Å². The topological polar surface area (TPSA) is 51.4 Å². The number of nitrogens with two attached hydrogens (primary N) is 1. The van der Waals surface area contributed by atoms with Crippen molar-refractivity contribution in [3.63, 3.8) is 0 Å². The Morgan fingerprint density at radius 1 is 1.65 bits per heavy atom. The van der Waals surface area contributed by atoms with Gasteiger partial charge in [-0.25, -0.2) is 4.98 Å². The van der Waals surface area contributed by atoms with Gasteiger partial charge >= 0.3 is 0 Å². The van der Waals surface area contributed by atoms with Crippen LogP contribution < -0.4 is 10.6 Å². The van der Waals surface area contributed by atoms with E-state index >= 15 is 0 Å². The van der Waals surface area contributed by atoms with Crippen molar-refractivity contribution in [1.82, 2.24) is 4.98 Å². The largest absolute Gasteiger partial charge is 0.389 e. The van der Waals surface area contributed by atoms with E-state index in [2.05, 4.69) is 9.88 Å².